The van der Waals surface area contributed by atoms with E-state index in [2.05, 4.69) is 26.2 Å². The summed E-state index contributed by atoms with van der Waals surface area (Å²) in [4.78, 5) is 4.13. The quantitative estimate of drug-likeness (QED) is 0.657. The molecule has 0 aliphatic carbocycles. The fourth-order valence-electron chi connectivity index (χ4n) is 2.25. The first kappa shape index (κ1) is 13.8. The van der Waals surface area contributed by atoms with Crippen LogP contribution in [-0.4, -0.2) is 4.98 Å². The molecule has 0 atom stereocenters. The summed E-state index contributed by atoms with van der Waals surface area (Å²) >= 11 is 3.19. The van der Waals surface area contributed by atoms with Gasteiger partial charge in [0.25, 0.3) is 0 Å². The van der Waals surface area contributed by atoms with Crippen molar-refractivity contribution in [1.82, 2.24) is 4.98 Å². The van der Waals surface area contributed by atoms with E-state index in [1.807, 2.05) is 25.1 Å². The Labute approximate surface area is 130 Å². The number of rotatable bonds is 2. The van der Waals surface area contributed by atoms with Crippen molar-refractivity contribution in [3.05, 3.63) is 58.6 Å². The lowest BCUT2D eigenvalue weighted by atomic mass is 10.1. The normalized spacial score (nSPS) is 10.8. The molecule has 3 nitrogen and oxygen atoms in total. The van der Waals surface area contributed by atoms with Crippen molar-refractivity contribution in [2.75, 3.05) is 11.1 Å². The third kappa shape index (κ3) is 2.56. The molecule has 5 heteroatoms. The summed E-state index contributed by atoms with van der Waals surface area (Å²) < 4.78 is 14.2. The van der Waals surface area contributed by atoms with Gasteiger partial charge >= 0.3 is 0 Å². The van der Waals surface area contributed by atoms with E-state index in [9.17, 15) is 4.39 Å². The highest BCUT2D eigenvalue weighted by Gasteiger charge is 2.08. The molecule has 0 aliphatic heterocycles. The number of nitrogens with two attached hydrogens (primary N) is 1. The predicted octanol–water partition coefficient (Wildman–Crippen LogP) is 4.77. The monoisotopic (exact) mass is 345 g/mol. The summed E-state index contributed by atoms with van der Waals surface area (Å²) in [6.07, 6.45) is 3.45. The van der Waals surface area contributed by atoms with Crippen LogP contribution in [0.1, 0.15) is 5.56 Å². The molecule has 0 amide bonds. The van der Waals surface area contributed by atoms with Gasteiger partial charge in [0.05, 0.1) is 4.47 Å². The van der Waals surface area contributed by atoms with Crippen molar-refractivity contribution < 1.29 is 4.39 Å². The summed E-state index contributed by atoms with van der Waals surface area (Å²) in [5, 5.41) is 5.08. The molecule has 106 valence electrons. The maximum absolute atomic E-state index is 13.7. The zero-order chi connectivity index (χ0) is 15.0. The van der Waals surface area contributed by atoms with Crippen molar-refractivity contribution in [3.63, 3.8) is 0 Å². The maximum atomic E-state index is 13.7. The number of aromatic nitrogens is 1. The van der Waals surface area contributed by atoms with Gasteiger partial charge in [0.1, 0.15) is 5.82 Å². The van der Waals surface area contributed by atoms with Crippen LogP contribution in [0.2, 0.25) is 0 Å². The van der Waals surface area contributed by atoms with Crippen LogP contribution in [0.4, 0.5) is 21.5 Å². The fourth-order valence-corrected chi connectivity index (χ4v) is 2.71. The molecule has 3 N–H and O–H groups in total. The van der Waals surface area contributed by atoms with E-state index in [0.717, 1.165) is 22.0 Å². The van der Waals surface area contributed by atoms with Crippen molar-refractivity contribution in [1.29, 1.82) is 0 Å². The number of nitrogens with zero attached hydrogens (tertiary/aromatic N) is 1. The lowest BCUT2D eigenvalue weighted by Crippen LogP contribution is -1.97. The minimum absolute atomic E-state index is 0.305. The predicted molar refractivity (Wildman–Crippen MR) is 88.3 cm³/mol. The van der Waals surface area contributed by atoms with Crippen LogP contribution >= 0.6 is 15.9 Å². The second-order valence-corrected chi connectivity index (χ2v) is 5.68. The van der Waals surface area contributed by atoms with Gasteiger partial charge < -0.3 is 11.1 Å². The van der Waals surface area contributed by atoms with Crippen molar-refractivity contribution in [3.8, 4) is 0 Å². The summed E-state index contributed by atoms with van der Waals surface area (Å²) in [5.41, 5.74) is 9.16. The molecule has 1 heterocycles. The van der Waals surface area contributed by atoms with Gasteiger partial charge in [0.2, 0.25) is 0 Å². The van der Waals surface area contributed by atoms with E-state index in [-0.39, 0.29) is 5.82 Å². The molecule has 0 radical (unpaired) electrons. The van der Waals surface area contributed by atoms with Crippen molar-refractivity contribution in [2.45, 2.75) is 6.92 Å². The molecular weight excluding hydrogens is 333 g/mol. The number of benzene rings is 2. The Balaban J connectivity index is 2.11. The fraction of sp³-hybridized carbons (Fsp3) is 0.0625. The molecule has 0 aliphatic rings. The number of halogens is 2. The molecule has 0 unspecified atom stereocenters. The molecule has 0 bridgehead atoms. The lowest BCUT2D eigenvalue weighted by molar-refractivity contribution is 0.621. The van der Waals surface area contributed by atoms with Gasteiger partial charge in [-0.1, -0.05) is 0 Å². The van der Waals surface area contributed by atoms with E-state index in [0.29, 0.717) is 15.8 Å². The Morgan fingerprint density at radius 3 is 2.76 bits per heavy atom. The van der Waals surface area contributed by atoms with Crippen LogP contribution in [-0.2, 0) is 0 Å². The van der Waals surface area contributed by atoms with Gasteiger partial charge in [0, 0.05) is 40.2 Å². The Bertz CT molecular complexity index is 833. The highest BCUT2D eigenvalue weighted by molar-refractivity contribution is 9.10. The average Bonchev–Trinajstić information content (AvgIpc) is 2.48. The third-order valence-electron chi connectivity index (χ3n) is 3.39. The molecule has 3 rings (SSSR count). The standard InChI is InChI=1S/C16H13BrFN3/c1-9-6-12(17)13(18)7-16(9)21-15-3-2-14(19)10-4-5-20-8-11(10)15/h2-8,21H,19H2,1H3. The molecule has 0 fully saturated rings. The number of aryl methyl sites for hydroxylation is 1. The van der Waals surface area contributed by atoms with Gasteiger partial charge in [-0.15, -0.1) is 0 Å². The second-order valence-electron chi connectivity index (χ2n) is 4.83. The van der Waals surface area contributed by atoms with Crippen LogP contribution in [0.3, 0.4) is 0 Å². The summed E-state index contributed by atoms with van der Waals surface area (Å²) in [6.45, 7) is 1.92. The van der Waals surface area contributed by atoms with Crippen molar-refractivity contribution >= 4 is 43.8 Å². The zero-order valence-corrected chi connectivity index (χ0v) is 12.9. The summed E-state index contributed by atoms with van der Waals surface area (Å²) in [5.74, 6) is -0.305. The average molecular weight is 346 g/mol. The molecular formula is C16H13BrFN3. The van der Waals surface area contributed by atoms with E-state index in [1.165, 1.54) is 6.07 Å². The zero-order valence-electron chi connectivity index (χ0n) is 11.3. The minimum atomic E-state index is -0.305. The molecule has 0 spiro atoms. The van der Waals surface area contributed by atoms with Gasteiger partial charge in [-0.25, -0.2) is 4.39 Å². The van der Waals surface area contributed by atoms with Gasteiger partial charge in [-0.2, -0.15) is 0 Å². The maximum Gasteiger partial charge on any atom is 0.139 e. The first-order valence-corrected chi connectivity index (χ1v) is 7.20. The number of anilines is 3. The van der Waals surface area contributed by atoms with E-state index >= 15 is 0 Å². The molecule has 3 aromatic rings. The molecule has 2 aromatic carbocycles. The second kappa shape index (κ2) is 5.33. The molecule has 21 heavy (non-hydrogen) atoms. The van der Waals surface area contributed by atoms with Gasteiger partial charge in [0.15, 0.2) is 0 Å². The highest BCUT2D eigenvalue weighted by atomic mass is 79.9. The minimum Gasteiger partial charge on any atom is -0.398 e. The topological polar surface area (TPSA) is 50.9 Å². The van der Waals surface area contributed by atoms with Gasteiger partial charge in [-0.3, -0.25) is 4.98 Å². The Hall–Kier alpha value is -2.14. The number of nitrogens with one attached hydrogen (secondary N) is 1. The SMILES string of the molecule is Cc1cc(Br)c(F)cc1Nc1ccc(N)c2ccncc12. The van der Waals surface area contributed by atoms with E-state index < -0.39 is 0 Å². The summed E-state index contributed by atoms with van der Waals surface area (Å²) in [7, 11) is 0. The number of hydrogen-bond donors (Lipinski definition) is 2. The molecule has 1 aromatic heterocycles. The van der Waals surface area contributed by atoms with Crippen LogP contribution in [0, 0.1) is 12.7 Å². The Morgan fingerprint density at radius 2 is 1.95 bits per heavy atom. The first-order chi connectivity index (χ1) is 10.1. The number of fused-ring (bicyclic) bond motifs is 1. The number of pyridine rings is 1. The van der Waals surface area contributed by atoms with Crippen LogP contribution in [0.5, 0.6) is 0 Å². The van der Waals surface area contributed by atoms with E-state index in [1.54, 1.807) is 18.5 Å². The highest BCUT2D eigenvalue weighted by Crippen LogP contribution is 2.32. The van der Waals surface area contributed by atoms with Crippen LogP contribution in [0.25, 0.3) is 10.8 Å². The smallest absolute Gasteiger partial charge is 0.139 e. The Morgan fingerprint density at radius 1 is 1.14 bits per heavy atom. The Kier molecular flexibility index (Phi) is 3.51. The largest absolute Gasteiger partial charge is 0.398 e. The first-order valence-electron chi connectivity index (χ1n) is 6.41. The number of nitrogen functional groups attached to an aromatic ring is 1. The van der Waals surface area contributed by atoms with E-state index in [4.69, 9.17) is 5.73 Å². The molecule has 0 saturated heterocycles. The molecule has 0 saturated carbocycles. The van der Waals surface area contributed by atoms with Crippen LogP contribution in [0.15, 0.2) is 47.2 Å². The van der Waals surface area contributed by atoms with Gasteiger partial charge in [-0.05, 0) is 58.7 Å². The van der Waals surface area contributed by atoms with Crippen LogP contribution < -0.4 is 11.1 Å². The summed E-state index contributed by atoms with van der Waals surface area (Å²) in [6, 6.07) is 8.78. The number of hydrogen-bond acceptors (Lipinski definition) is 3. The van der Waals surface area contributed by atoms with Crippen molar-refractivity contribution in [2.24, 2.45) is 0 Å². The third-order valence-corrected chi connectivity index (χ3v) is 4.00. The lowest BCUT2D eigenvalue weighted by Gasteiger charge is -2.13.